The lowest BCUT2D eigenvalue weighted by Gasteiger charge is -2.27. The standard InChI is InChI=1S/C8H14N4OS/c1-12-6(4-10-11-12)8(9)7-5-14-3-2-13-7/h4,7-8H,2-3,5,9H2,1H3. The average Bonchev–Trinajstić information content (AvgIpc) is 2.65. The summed E-state index contributed by atoms with van der Waals surface area (Å²) in [5.41, 5.74) is 7.00. The van der Waals surface area contributed by atoms with Gasteiger partial charge in [-0.3, -0.25) is 4.68 Å². The lowest BCUT2D eigenvalue weighted by atomic mass is 10.1. The van der Waals surface area contributed by atoms with E-state index in [2.05, 4.69) is 10.3 Å². The molecule has 0 spiro atoms. The number of ether oxygens (including phenoxy) is 1. The van der Waals surface area contributed by atoms with Gasteiger partial charge in [-0.1, -0.05) is 5.21 Å². The highest BCUT2D eigenvalue weighted by Crippen LogP contribution is 2.22. The number of rotatable bonds is 2. The molecule has 0 amide bonds. The third-order valence-electron chi connectivity index (χ3n) is 2.33. The number of aromatic nitrogens is 3. The first-order valence-corrected chi connectivity index (χ1v) is 5.74. The minimum Gasteiger partial charge on any atom is -0.374 e. The number of thioether (sulfide) groups is 1. The second-order valence-electron chi connectivity index (χ2n) is 3.29. The van der Waals surface area contributed by atoms with Gasteiger partial charge in [0.05, 0.1) is 30.6 Å². The zero-order chi connectivity index (χ0) is 9.97. The van der Waals surface area contributed by atoms with Gasteiger partial charge in [0.2, 0.25) is 0 Å². The lowest BCUT2D eigenvalue weighted by Crippen LogP contribution is -2.35. The normalized spacial score (nSPS) is 24.9. The molecule has 1 aromatic rings. The molecule has 0 aliphatic carbocycles. The Balaban J connectivity index is 2.07. The first-order chi connectivity index (χ1) is 6.79. The summed E-state index contributed by atoms with van der Waals surface area (Å²) in [5.74, 6) is 2.01. The van der Waals surface area contributed by atoms with Gasteiger partial charge in [-0.05, 0) is 0 Å². The summed E-state index contributed by atoms with van der Waals surface area (Å²) in [6.07, 6.45) is 1.79. The highest BCUT2D eigenvalue weighted by atomic mass is 32.2. The van der Waals surface area contributed by atoms with Crippen molar-refractivity contribution in [1.29, 1.82) is 0 Å². The molecule has 1 fully saturated rings. The van der Waals surface area contributed by atoms with Gasteiger partial charge in [-0.15, -0.1) is 5.10 Å². The van der Waals surface area contributed by atoms with Crippen molar-refractivity contribution in [2.75, 3.05) is 18.1 Å². The summed E-state index contributed by atoms with van der Waals surface area (Å²) in [5, 5.41) is 7.67. The predicted molar refractivity (Wildman–Crippen MR) is 55.0 cm³/mol. The van der Waals surface area contributed by atoms with Gasteiger partial charge in [-0.2, -0.15) is 11.8 Å². The predicted octanol–water partition coefficient (Wildman–Crippen LogP) is -0.0531. The minimum absolute atomic E-state index is 0.0888. The van der Waals surface area contributed by atoms with Crippen molar-refractivity contribution in [3.8, 4) is 0 Å². The maximum atomic E-state index is 6.08. The highest BCUT2D eigenvalue weighted by Gasteiger charge is 2.25. The van der Waals surface area contributed by atoms with Crippen LogP contribution in [0.3, 0.4) is 0 Å². The maximum absolute atomic E-state index is 6.08. The Morgan fingerprint density at radius 1 is 1.79 bits per heavy atom. The molecule has 1 aliphatic rings. The first-order valence-electron chi connectivity index (χ1n) is 4.58. The van der Waals surface area contributed by atoms with E-state index >= 15 is 0 Å². The first kappa shape index (κ1) is 9.95. The Bertz CT molecular complexity index is 297. The van der Waals surface area contributed by atoms with Crippen molar-refractivity contribution in [3.05, 3.63) is 11.9 Å². The molecule has 2 N–H and O–H groups in total. The third kappa shape index (κ3) is 1.92. The van der Waals surface area contributed by atoms with Crippen LogP contribution in [0.25, 0.3) is 0 Å². The number of hydrogen-bond donors (Lipinski definition) is 1. The van der Waals surface area contributed by atoms with E-state index in [0.717, 1.165) is 23.8 Å². The summed E-state index contributed by atoms with van der Waals surface area (Å²) in [6.45, 7) is 0.786. The zero-order valence-corrected chi connectivity index (χ0v) is 8.91. The smallest absolute Gasteiger partial charge is 0.0874 e. The minimum atomic E-state index is -0.122. The van der Waals surface area contributed by atoms with Crippen molar-refractivity contribution >= 4 is 11.8 Å². The van der Waals surface area contributed by atoms with Crippen LogP contribution in [0.2, 0.25) is 0 Å². The van der Waals surface area contributed by atoms with Crippen LogP contribution in [-0.2, 0) is 11.8 Å². The van der Waals surface area contributed by atoms with Crippen molar-refractivity contribution < 1.29 is 4.74 Å². The van der Waals surface area contributed by atoms with Gasteiger partial charge in [0.1, 0.15) is 0 Å². The SMILES string of the molecule is Cn1nncc1C(N)C1CSCCO1. The molecule has 14 heavy (non-hydrogen) atoms. The van der Waals surface area contributed by atoms with Crippen LogP contribution in [-0.4, -0.2) is 39.2 Å². The molecule has 2 atom stereocenters. The van der Waals surface area contributed by atoms with Crippen molar-refractivity contribution in [2.24, 2.45) is 12.8 Å². The third-order valence-corrected chi connectivity index (χ3v) is 3.35. The maximum Gasteiger partial charge on any atom is 0.0874 e. The van der Waals surface area contributed by atoms with E-state index in [1.54, 1.807) is 10.9 Å². The van der Waals surface area contributed by atoms with E-state index in [-0.39, 0.29) is 12.1 Å². The van der Waals surface area contributed by atoms with Crippen LogP contribution in [0.5, 0.6) is 0 Å². The fourth-order valence-electron chi connectivity index (χ4n) is 1.50. The second-order valence-corrected chi connectivity index (χ2v) is 4.44. The topological polar surface area (TPSA) is 66.0 Å². The molecule has 6 heteroatoms. The average molecular weight is 214 g/mol. The van der Waals surface area contributed by atoms with Gasteiger partial charge in [0.15, 0.2) is 0 Å². The zero-order valence-electron chi connectivity index (χ0n) is 8.09. The summed E-state index contributed by atoms with van der Waals surface area (Å²) in [4.78, 5) is 0. The Morgan fingerprint density at radius 2 is 2.64 bits per heavy atom. The molecule has 2 unspecified atom stereocenters. The molecule has 1 saturated heterocycles. The molecular weight excluding hydrogens is 200 g/mol. The van der Waals surface area contributed by atoms with Crippen LogP contribution < -0.4 is 5.73 Å². The van der Waals surface area contributed by atoms with Gasteiger partial charge < -0.3 is 10.5 Å². The van der Waals surface area contributed by atoms with Crippen molar-refractivity contribution in [2.45, 2.75) is 12.1 Å². The van der Waals surface area contributed by atoms with Crippen molar-refractivity contribution in [3.63, 3.8) is 0 Å². The molecule has 5 nitrogen and oxygen atoms in total. The Kier molecular flexibility index (Phi) is 3.05. The molecule has 1 aromatic heterocycles. The fourth-order valence-corrected chi connectivity index (χ4v) is 2.42. The van der Waals surface area contributed by atoms with E-state index < -0.39 is 0 Å². The molecule has 0 saturated carbocycles. The van der Waals surface area contributed by atoms with E-state index in [1.165, 1.54) is 0 Å². The van der Waals surface area contributed by atoms with Crippen LogP contribution in [0.4, 0.5) is 0 Å². The molecule has 1 aliphatic heterocycles. The number of nitrogens with two attached hydrogens (primary N) is 1. The van der Waals surface area contributed by atoms with Gasteiger partial charge in [0.25, 0.3) is 0 Å². The van der Waals surface area contributed by atoms with Crippen LogP contribution in [0, 0.1) is 0 Å². The van der Waals surface area contributed by atoms with Crippen LogP contribution in [0.15, 0.2) is 6.20 Å². The number of hydrogen-bond acceptors (Lipinski definition) is 5. The van der Waals surface area contributed by atoms with E-state index in [0.29, 0.717) is 0 Å². The molecule has 2 rings (SSSR count). The van der Waals surface area contributed by atoms with E-state index in [9.17, 15) is 0 Å². The monoisotopic (exact) mass is 214 g/mol. The highest BCUT2D eigenvalue weighted by molar-refractivity contribution is 7.99. The Hall–Kier alpha value is -0.590. The molecule has 0 radical (unpaired) electrons. The van der Waals surface area contributed by atoms with E-state index in [4.69, 9.17) is 10.5 Å². The summed E-state index contributed by atoms with van der Waals surface area (Å²) >= 11 is 1.88. The largest absolute Gasteiger partial charge is 0.374 e. The quantitative estimate of drug-likeness (QED) is 0.747. The number of nitrogens with zero attached hydrogens (tertiary/aromatic N) is 3. The summed E-state index contributed by atoms with van der Waals surface area (Å²) < 4.78 is 7.31. The van der Waals surface area contributed by atoms with Gasteiger partial charge in [-0.25, -0.2) is 0 Å². The summed E-state index contributed by atoms with van der Waals surface area (Å²) in [6, 6.07) is -0.122. The Labute approximate surface area is 87.0 Å². The van der Waals surface area contributed by atoms with Gasteiger partial charge in [0, 0.05) is 18.6 Å². The lowest BCUT2D eigenvalue weighted by molar-refractivity contribution is 0.0551. The second kappa shape index (κ2) is 4.29. The summed E-state index contributed by atoms with van der Waals surface area (Å²) in [7, 11) is 1.85. The molecule has 0 bridgehead atoms. The molecule has 2 heterocycles. The van der Waals surface area contributed by atoms with Crippen molar-refractivity contribution in [1.82, 2.24) is 15.0 Å². The molecule has 78 valence electrons. The van der Waals surface area contributed by atoms with Crippen LogP contribution >= 0.6 is 11.8 Å². The number of aryl methyl sites for hydroxylation is 1. The fraction of sp³-hybridized carbons (Fsp3) is 0.750. The molecular formula is C8H14N4OS. The van der Waals surface area contributed by atoms with Gasteiger partial charge >= 0.3 is 0 Å². The van der Waals surface area contributed by atoms with E-state index in [1.807, 2.05) is 18.8 Å². The Morgan fingerprint density at radius 3 is 3.21 bits per heavy atom. The molecule has 0 aromatic carbocycles. The van der Waals surface area contributed by atoms with Crippen LogP contribution in [0.1, 0.15) is 11.7 Å².